The molecule has 2 aliphatic heterocycles. The minimum absolute atomic E-state index is 0.0244. The molecule has 20 heavy (non-hydrogen) atoms. The zero-order valence-corrected chi connectivity index (χ0v) is 11.6. The van der Waals surface area contributed by atoms with Crippen LogP contribution in [-0.4, -0.2) is 36.5 Å². The molecule has 3 rings (SSSR count). The molecule has 5 heteroatoms. The van der Waals surface area contributed by atoms with E-state index in [4.69, 9.17) is 0 Å². The fourth-order valence-electron chi connectivity index (χ4n) is 2.98. The van der Waals surface area contributed by atoms with E-state index in [-0.39, 0.29) is 18.0 Å². The molecule has 0 saturated carbocycles. The summed E-state index contributed by atoms with van der Waals surface area (Å²) in [5.74, 6) is -0.0244. The van der Waals surface area contributed by atoms with E-state index in [2.05, 4.69) is 5.32 Å². The van der Waals surface area contributed by atoms with E-state index in [1.807, 2.05) is 24.3 Å². The first kappa shape index (κ1) is 13.0. The smallest absolute Gasteiger partial charge is 0.325 e. The highest BCUT2D eigenvalue weighted by Gasteiger charge is 2.36. The lowest BCUT2D eigenvalue weighted by Crippen LogP contribution is -2.54. The van der Waals surface area contributed by atoms with Gasteiger partial charge in [-0.25, -0.2) is 4.79 Å². The maximum atomic E-state index is 12.5. The summed E-state index contributed by atoms with van der Waals surface area (Å²) in [6.45, 7) is 1.22. The second-order valence-corrected chi connectivity index (χ2v) is 5.40. The first-order valence-electron chi connectivity index (χ1n) is 7.08. The number of anilines is 1. The highest BCUT2D eigenvalue weighted by molar-refractivity contribution is 5.97. The number of nitrogens with one attached hydrogen (secondary N) is 1. The van der Waals surface area contributed by atoms with E-state index in [9.17, 15) is 9.59 Å². The number of rotatable bonds is 1. The van der Waals surface area contributed by atoms with Gasteiger partial charge in [-0.2, -0.15) is 0 Å². The van der Waals surface area contributed by atoms with Crippen LogP contribution in [0.25, 0.3) is 0 Å². The number of amides is 3. The molecular formula is C15H19N3O2. The molecule has 106 valence electrons. The van der Waals surface area contributed by atoms with E-state index in [0.29, 0.717) is 13.1 Å². The summed E-state index contributed by atoms with van der Waals surface area (Å²) in [7, 11) is 1.77. The van der Waals surface area contributed by atoms with Gasteiger partial charge in [0.15, 0.2) is 0 Å². The summed E-state index contributed by atoms with van der Waals surface area (Å²) in [4.78, 5) is 28.0. The lowest BCUT2D eigenvalue weighted by Gasteiger charge is -2.38. The predicted octanol–water partition coefficient (Wildman–Crippen LogP) is 1.73. The molecule has 5 nitrogen and oxygen atoms in total. The maximum Gasteiger partial charge on any atom is 0.325 e. The van der Waals surface area contributed by atoms with Gasteiger partial charge in [-0.05, 0) is 30.9 Å². The Labute approximate surface area is 118 Å². The van der Waals surface area contributed by atoms with E-state index >= 15 is 0 Å². The molecular weight excluding hydrogens is 254 g/mol. The number of para-hydroxylation sites is 1. The molecule has 0 radical (unpaired) electrons. The Hall–Kier alpha value is -2.04. The number of hydrogen-bond acceptors (Lipinski definition) is 2. The van der Waals surface area contributed by atoms with Crippen molar-refractivity contribution in [2.24, 2.45) is 0 Å². The molecule has 1 aromatic carbocycles. The van der Waals surface area contributed by atoms with Crippen molar-refractivity contribution in [3.05, 3.63) is 29.8 Å². The van der Waals surface area contributed by atoms with Crippen LogP contribution in [0.4, 0.5) is 10.5 Å². The topological polar surface area (TPSA) is 52.7 Å². The van der Waals surface area contributed by atoms with Gasteiger partial charge >= 0.3 is 6.03 Å². The van der Waals surface area contributed by atoms with Crippen molar-refractivity contribution in [2.45, 2.75) is 31.8 Å². The number of carbonyl (C=O) groups excluding carboxylic acids is 2. The fraction of sp³-hybridized carbons (Fsp3) is 0.467. The molecule has 1 N–H and O–H groups in total. The fourth-order valence-corrected chi connectivity index (χ4v) is 2.98. The van der Waals surface area contributed by atoms with Crippen LogP contribution in [-0.2, 0) is 11.3 Å². The number of carbonyl (C=O) groups is 2. The summed E-state index contributed by atoms with van der Waals surface area (Å²) < 4.78 is 0. The molecule has 2 heterocycles. The van der Waals surface area contributed by atoms with Crippen molar-refractivity contribution < 1.29 is 9.59 Å². The molecule has 3 amide bonds. The van der Waals surface area contributed by atoms with Crippen LogP contribution >= 0.6 is 0 Å². The average Bonchev–Trinajstić information content (AvgIpc) is 2.68. The molecule has 0 aromatic heterocycles. The van der Waals surface area contributed by atoms with Crippen molar-refractivity contribution in [3.63, 3.8) is 0 Å². The highest BCUT2D eigenvalue weighted by atomic mass is 16.2. The van der Waals surface area contributed by atoms with Gasteiger partial charge in [0.25, 0.3) is 0 Å². The normalized spacial score (nSPS) is 23.1. The van der Waals surface area contributed by atoms with Crippen LogP contribution in [0, 0.1) is 0 Å². The summed E-state index contributed by atoms with van der Waals surface area (Å²) in [6, 6.07) is 7.41. The predicted molar refractivity (Wildman–Crippen MR) is 76.4 cm³/mol. The monoisotopic (exact) mass is 273 g/mol. The Morgan fingerprint density at radius 2 is 2.00 bits per heavy atom. The van der Waals surface area contributed by atoms with Gasteiger partial charge in [0.2, 0.25) is 5.91 Å². The van der Waals surface area contributed by atoms with E-state index in [1.54, 1.807) is 16.8 Å². The lowest BCUT2D eigenvalue weighted by molar-refractivity contribution is -0.125. The quantitative estimate of drug-likeness (QED) is 0.847. The molecule has 1 saturated heterocycles. The Morgan fingerprint density at radius 3 is 2.85 bits per heavy atom. The minimum Gasteiger partial charge on any atom is -0.354 e. The molecule has 2 aliphatic rings. The molecule has 0 spiro atoms. The van der Waals surface area contributed by atoms with Crippen LogP contribution < -0.4 is 10.2 Å². The van der Waals surface area contributed by atoms with Gasteiger partial charge in [-0.15, -0.1) is 0 Å². The van der Waals surface area contributed by atoms with Crippen molar-refractivity contribution in [1.29, 1.82) is 0 Å². The van der Waals surface area contributed by atoms with Crippen LogP contribution in [0.3, 0.4) is 0 Å². The van der Waals surface area contributed by atoms with Gasteiger partial charge in [-0.1, -0.05) is 18.2 Å². The number of benzene rings is 1. The Bertz CT molecular complexity index is 544. The van der Waals surface area contributed by atoms with Gasteiger partial charge in [-0.3, -0.25) is 9.69 Å². The van der Waals surface area contributed by atoms with Crippen molar-refractivity contribution in [1.82, 2.24) is 10.2 Å². The van der Waals surface area contributed by atoms with Gasteiger partial charge in [0.1, 0.15) is 6.04 Å². The molecule has 1 aromatic rings. The zero-order chi connectivity index (χ0) is 14.1. The SMILES string of the molecule is CN1C(=O)N(C2CCCCNC2=O)Cc2ccccc21. The van der Waals surface area contributed by atoms with E-state index < -0.39 is 0 Å². The number of urea groups is 1. The van der Waals surface area contributed by atoms with Crippen molar-refractivity contribution >= 4 is 17.6 Å². The summed E-state index contributed by atoms with van der Waals surface area (Å²) in [5, 5.41) is 2.90. The number of nitrogens with zero attached hydrogens (tertiary/aromatic N) is 2. The molecule has 0 aliphatic carbocycles. The third-order valence-corrected chi connectivity index (χ3v) is 4.11. The summed E-state index contributed by atoms with van der Waals surface area (Å²) >= 11 is 0. The molecule has 1 atom stereocenters. The lowest BCUT2D eigenvalue weighted by atomic mass is 10.0. The van der Waals surface area contributed by atoms with Crippen LogP contribution in [0.1, 0.15) is 24.8 Å². The molecule has 1 unspecified atom stereocenters. The van der Waals surface area contributed by atoms with Gasteiger partial charge in [0.05, 0.1) is 12.2 Å². The highest BCUT2D eigenvalue weighted by Crippen LogP contribution is 2.29. The standard InChI is InChI=1S/C15H19N3O2/c1-17-12-7-3-2-6-11(12)10-18(15(17)20)13-8-4-5-9-16-14(13)19/h2-3,6-7,13H,4-5,8-10H2,1H3,(H,16,19). The van der Waals surface area contributed by atoms with Gasteiger partial charge in [0, 0.05) is 13.6 Å². The van der Waals surface area contributed by atoms with Crippen LogP contribution in [0.15, 0.2) is 24.3 Å². The largest absolute Gasteiger partial charge is 0.354 e. The maximum absolute atomic E-state index is 12.5. The van der Waals surface area contributed by atoms with E-state index in [0.717, 1.165) is 30.5 Å². The number of fused-ring (bicyclic) bond motifs is 1. The Morgan fingerprint density at radius 1 is 1.20 bits per heavy atom. The zero-order valence-electron chi connectivity index (χ0n) is 11.6. The van der Waals surface area contributed by atoms with Crippen LogP contribution in [0.2, 0.25) is 0 Å². The third-order valence-electron chi connectivity index (χ3n) is 4.11. The van der Waals surface area contributed by atoms with Crippen molar-refractivity contribution in [3.8, 4) is 0 Å². The first-order valence-corrected chi connectivity index (χ1v) is 7.08. The minimum atomic E-state index is -0.346. The Balaban J connectivity index is 1.91. The molecule has 0 bridgehead atoms. The second kappa shape index (κ2) is 5.15. The van der Waals surface area contributed by atoms with Crippen molar-refractivity contribution in [2.75, 3.05) is 18.5 Å². The first-order chi connectivity index (χ1) is 9.68. The van der Waals surface area contributed by atoms with E-state index in [1.165, 1.54) is 0 Å². The summed E-state index contributed by atoms with van der Waals surface area (Å²) in [6.07, 6.45) is 2.70. The molecule has 1 fully saturated rings. The number of hydrogen-bond donors (Lipinski definition) is 1. The average molecular weight is 273 g/mol. The Kier molecular flexibility index (Phi) is 3.34. The summed E-state index contributed by atoms with van der Waals surface area (Å²) in [5.41, 5.74) is 2.02. The third kappa shape index (κ3) is 2.13. The second-order valence-electron chi connectivity index (χ2n) is 5.40. The van der Waals surface area contributed by atoms with Gasteiger partial charge < -0.3 is 10.2 Å². The van der Waals surface area contributed by atoms with Crippen LogP contribution in [0.5, 0.6) is 0 Å².